The van der Waals surface area contributed by atoms with Crippen molar-refractivity contribution in [2.24, 2.45) is 0 Å². The predicted octanol–water partition coefficient (Wildman–Crippen LogP) is 2.14. The summed E-state index contributed by atoms with van der Waals surface area (Å²) in [4.78, 5) is 23.0. The van der Waals surface area contributed by atoms with Gasteiger partial charge in [0.05, 0.1) is 0 Å². The van der Waals surface area contributed by atoms with E-state index in [4.69, 9.17) is 0 Å². The Kier molecular flexibility index (Phi) is 6.09. The first kappa shape index (κ1) is 14.7. The van der Waals surface area contributed by atoms with Crippen molar-refractivity contribution in [2.45, 2.75) is 20.3 Å². The van der Waals surface area contributed by atoms with Gasteiger partial charge in [-0.15, -0.1) is 0 Å². The van der Waals surface area contributed by atoms with Crippen LogP contribution in [-0.4, -0.2) is 11.8 Å². The standard InChI is InChI=1S/C15H18N2O2/c1-3-5-6-7-14(18)16-17-15(19)13-10-8-12(4-2)9-11-13/h3,5-11H,4H2,1-2H3,(H,16,18)(H,17,19). The summed E-state index contributed by atoms with van der Waals surface area (Å²) in [6.07, 6.45) is 7.38. The Labute approximate surface area is 113 Å². The molecule has 0 aliphatic carbocycles. The molecule has 0 aliphatic heterocycles. The van der Waals surface area contributed by atoms with E-state index in [0.717, 1.165) is 12.0 Å². The lowest BCUT2D eigenvalue weighted by atomic mass is 10.1. The molecule has 1 aromatic rings. The van der Waals surface area contributed by atoms with E-state index in [1.807, 2.05) is 26.0 Å². The quantitative estimate of drug-likeness (QED) is 0.494. The summed E-state index contributed by atoms with van der Waals surface area (Å²) in [5, 5.41) is 0. The predicted molar refractivity (Wildman–Crippen MR) is 75.4 cm³/mol. The second-order valence-electron chi connectivity index (χ2n) is 3.88. The fraction of sp³-hybridized carbons (Fsp3) is 0.200. The maximum Gasteiger partial charge on any atom is 0.269 e. The summed E-state index contributed by atoms with van der Waals surface area (Å²) < 4.78 is 0. The summed E-state index contributed by atoms with van der Waals surface area (Å²) in [6, 6.07) is 7.25. The minimum absolute atomic E-state index is 0.338. The van der Waals surface area contributed by atoms with E-state index in [2.05, 4.69) is 10.9 Å². The molecule has 19 heavy (non-hydrogen) atoms. The van der Waals surface area contributed by atoms with Crippen LogP contribution in [0.15, 0.2) is 48.6 Å². The van der Waals surface area contributed by atoms with Crippen LogP contribution in [0.4, 0.5) is 0 Å². The van der Waals surface area contributed by atoms with Crippen LogP contribution in [0.25, 0.3) is 0 Å². The third-order valence-corrected chi connectivity index (χ3v) is 2.47. The van der Waals surface area contributed by atoms with Crippen LogP contribution >= 0.6 is 0 Å². The van der Waals surface area contributed by atoms with Gasteiger partial charge in [0.25, 0.3) is 11.8 Å². The first-order chi connectivity index (χ1) is 9.17. The molecule has 0 aliphatic rings. The highest BCUT2D eigenvalue weighted by atomic mass is 16.2. The Hall–Kier alpha value is -2.36. The van der Waals surface area contributed by atoms with Crippen molar-refractivity contribution < 1.29 is 9.59 Å². The number of amides is 2. The molecule has 0 heterocycles. The van der Waals surface area contributed by atoms with Crippen LogP contribution in [0.3, 0.4) is 0 Å². The smallest absolute Gasteiger partial charge is 0.268 e. The van der Waals surface area contributed by atoms with Crippen LogP contribution in [-0.2, 0) is 11.2 Å². The summed E-state index contributed by atoms with van der Waals surface area (Å²) in [5.41, 5.74) is 6.33. The minimum atomic E-state index is -0.378. The summed E-state index contributed by atoms with van der Waals surface area (Å²) in [7, 11) is 0. The molecule has 4 heteroatoms. The average molecular weight is 258 g/mol. The molecule has 0 fully saturated rings. The van der Waals surface area contributed by atoms with Crippen molar-refractivity contribution in [2.75, 3.05) is 0 Å². The molecular weight excluding hydrogens is 240 g/mol. The fourth-order valence-corrected chi connectivity index (χ4v) is 1.38. The summed E-state index contributed by atoms with van der Waals surface area (Å²) in [5.74, 6) is -0.716. The zero-order chi connectivity index (χ0) is 14.1. The number of aryl methyl sites for hydroxylation is 1. The highest BCUT2D eigenvalue weighted by molar-refractivity contribution is 5.96. The summed E-state index contributed by atoms with van der Waals surface area (Å²) >= 11 is 0. The molecule has 4 nitrogen and oxygen atoms in total. The Bertz CT molecular complexity index is 487. The number of hydrazine groups is 1. The van der Waals surface area contributed by atoms with Gasteiger partial charge in [0.15, 0.2) is 0 Å². The molecule has 0 saturated heterocycles. The van der Waals surface area contributed by atoms with Crippen molar-refractivity contribution in [3.8, 4) is 0 Å². The topological polar surface area (TPSA) is 58.2 Å². The number of nitrogens with one attached hydrogen (secondary N) is 2. The van der Waals surface area contributed by atoms with Crippen LogP contribution < -0.4 is 10.9 Å². The lowest BCUT2D eigenvalue weighted by Gasteiger charge is -2.05. The molecule has 0 unspecified atom stereocenters. The number of hydrogen-bond donors (Lipinski definition) is 2. The fourth-order valence-electron chi connectivity index (χ4n) is 1.38. The largest absolute Gasteiger partial charge is 0.269 e. The molecule has 0 aromatic heterocycles. The number of rotatable bonds is 4. The van der Waals surface area contributed by atoms with E-state index < -0.39 is 0 Å². The van der Waals surface area contributed by atoms with E-state index >= 15 is 0 Å². The zero-order valence-corrected chi connectivity index (χ0v) is 11.1. The van der Waals surface area contributed by atoms with E-state index in [1.54, 1.807) is 30.4 Å². The second kappa shape index (κ2) is 7.87. The first-order valence-electron chi connectivity index (χ1n) is 6.16. The first-order valence-corrected chi connectivity index (χ1v) is 6.16. The molecule has 0 saturated carbocycles. The molecule has 2 amide bonds. The van der Waals surface area contributed by atoms with E-state index in [1.165, 1.54) is 6.08 Å². The van der Waals surface area contributed by atoms with Gasteiger partial charge < -0.3 is 0 Å². The van der Waals surface area contributed by atoms with Crippen LogP contribution in [0, 0.1) is 0 Å². The Balaban J connectivity index is 2.48. The van der Waals surface area contributed by atoms with Gasteiger partial charge >= 0.3 is 0 Å². The molecule has 1 aromatic carbocycles. The lowest BCUT2D eigenvalue weighted by Crippen LogP contribution is -2.40. The Morgan fingerprint density at radius 1 is 1.11 bits per heavy atom. The van der Waals surface area contributed by atoms with E-state index in [9.17, 15) is 9.59 Å². The molecular formula is C15H18N2O2. The van der Waals surface area contributed by atoms with Gasteiger partial charge in [-0.3, -0.25) is 20.4 Å². The van der Waals surface area contributed by atoms with Gasteiger partial charge in [0.1, 0.15) is 0 Å². The minimum Gasteiger partial charge on any atom is -0.268 e. The molecule has 0 bridgehead atoms. The van der Waals surface area contributed by atoms with E-state index in [-0.39, 0.29) is 11.8 Å². The van der Waals surface area contributed by atoms with E-state index in [0.29, 0.717) is 5.56 Å². The van der Waals surface area contributed by atoms with Gasteiger partial charge in [-0.2, -0.15) is 0 Å². The monoisotopic (exact) mass is 258 g/mol. The van der Waals surface area contributed by atoms with Crippen LogP contribution in [0.5, 0.6) is 0 Å². The van der Waals surface area contributed by atoms with Gasteiger partial charge in [-0.1, -0.05) is 37.3 Å². The number of allylic oxidation sites excluding steroid dienone is 3. The average Bonchev–Trinajstić information content (AvgIpc) is 2.45. The van der Waals surface area contributed by atoms with Crippen molar-refractivity contribution in [3.05, 3.63) is 59.7 Å². The molecule has 0 atom stereocenters. The molecule has 0 spiro atoms. The lowest BCUT2D eigenvalue weighted by molar-refractivity contribution is -0.117. The Morgan fingerprint density at radius 3 is 2.37 bits per heavy atom. The SMILES string of the molecule is CC=CC=CC(=O)NNC(=O)c1ccc(CC)cc1. The molecule has 100 valence electrons. The van der Waals surface area contributed by atoms with Gasteiger partial charge in [0.2, 0.25) is 0 Å². The van der Waals surface area contributed by atoms with Gasteiger partial charge in [-0.25, -0.2) is 0 Å². The highest BCUT2D eigenvalue weighted by Crippen LogP contribution is 2.04. The van der Waals surface area contributed by atoms with Crippen molar-refractivity contribution in [3.63, 3.8) is 0 Å². The summed E-state index contributed by atoms with van der Waals surface area (Å²) in [6.45, 7) is 3.90. The van der Waals surface area contributed by atoms with Crippen molar-refractivity contribution in [1.29, 1.82) is 0 Å². The maximum absolute atomic E-state index is 11.7. The van der Waals surface area contributed by atoms with Crippen molar-refractivity contribution in [1.82, 2.24) is 10.9 Å². The third-order valence-electron chi connectivity index (χ3n) is 2.47. The van der Waals surface area contributed by atoms with Gasteiger partial charge in [0, 0.05) is 11.6 Å². The maximum atomic E-state index is 11.7. The van der Waals surface area contributed by atoms with Crippen molar-refractivity contribution >= 4 is 11.8 Å². The molecule has 1 rings (SSSR count). The highest BCUT2D eigenvalue weighted by Gasteiger charge is 2.05. The van der Waals surface area contributed by atoms with Crippen LogP contribution in [0.2, 0.25) is 0 Å². The normalized spacial score (nSPS) is 10.8. The number of hydrogen-bond acceptors (Lipinski definition) is 2. The third kappa shape index (κ3) is 5.21. The van der Waals surface area contributed by atoms with Gasteiger partial charge in [-0.05, 0) is 31.0 Å². The number of carbonyl (C=O) groups excluding carboxylic acids is 2. The molecule has 0 radical (unpaired) electrons. The number of carbonyl (C=O) groups is 2. The molecule has 2 N–H and O–H groups in total. The number of benzene rings is 1. The zero-order valence-electron chi connectivity index (χ0n) is 11.1. The second-order valence-corrected chi connectivity index (χ2v) is 3.88. The van der Waals surface area contributed by atoms with Crippen LogP contribution in [0.1, 0.15) is 29.8 Å². The Morgan fingerprint density at radius 2 is 1.79 bits per heavy atom.